The summed E-state index contributed by atoms with van der Waals surface area (Å²) < 4.78 is 0. The summed E-state index contributed by atoms with van der Waals surface area (Å²) in [7, 11) is 0. The largest absolute Gasteiger partial charge is 0.345 e. The van der Waals surface area contributed by atoms with Crippen LogP contribution in [0.4, 0.5) is 0 Å². The molecule has 1 aliphatic rings. The number of rotatable bonds is 4. The van der Waals surface area contributed by atoms with E-state index in [9.17, 15) is 9.59 Å². The number of carbonyl (C=O) groups is 2. The van der Waals surface area contributed by atoms with Gasteiger partial charge < -0.3 is 16.0 Å². The lowest BCUT2D eigenvalue weighted by molar-refractivity contribution is -0.133. The van der Waals surface area contributed by atoms with E-state index in [1.165, 1.54) is 17.8 Å². The van der Waals surface area contributed by atoms with Gasteiger partial charge in [0.2, 0.25) is 11.8 Å². The number of piperidine rings is 1. The van der Waals surface area contributed by atoms with Gasteiger partial charge in [-0.15, -0.1) is 11.3 Å². The summed E-state index contributed by atoms with van der Waals surface area (Å²) in [5.41, 5.74) is 5.82. The van der Waals surface area contributed by atoms with Crippen LogP contribution in [-0.2, 0) is 9.59 Å². The molecule has 3 N–H and O–H groups in total. The molecule has 5 nitrogen and oxygen atoms in total. The summed E-state index contributed by atoms with van der Waals surface area (Å²) in [6, 6.07) is 2.99. The Balaban J connectivity index is 1.78. The molecule has 0 saturated carbocycles. The van der Waals surface area contributed by atoms with Gasteiger partial charge in [0.1, 0.15) is 6.04 Å². The maximum absolute atomic E-state index is 11.9. The van der Waals surface area contributed by atoms with E-state index in [2.05, 4.69) is 5.32 Å². The van der Waals surface area contributed by atoms with Crippen molar-refractivity contribution in [3.8, 4) is 0 Å². The molecule has 1 aliphatic heterocycles. The average molecular weight is 281 g/mol. The fourth-order valence-corrected chi connectivity index (χ4v) is 2.85. The fourth-order valence-electron chi connectivity index (χ4n) is 2.13. The highest BCUT2D eigenvalue weighted by atomic mass is 32.1. The van der Waals surface area contributed by atoms with E-state index < -0.39 is 6.04 Å². The minimum Gasteiger partial charge on any atom is -0.345 e. The van der Waals surface area contributed by atoms with Gasteiger partial charge in [-0.1, -0.05) is 6.07 Å². The maximum atomic E-state index is 11.9. The third-order valence-corrected chi connectivity index (χ3v) is 4.21. The topological polar surface area (TPSA) is 75.4 Å². The quantitative estimate of drug-likeness (QED) is 0.860. The maximum Gasteiger partial charge on any atom is 0.242 e. The first-order valence-corrected chi connectivity index (χ1v) is 7.41. The monoisotopic (exact) mass is 281 g/mol. The Morgan fingerprint density at radius 3 is 2.74 bits per heavy atom. The van der Waals surface area contributed by atoms with Crippen LogP contribution in [0.2, 0.25) is 0 Å². The second-order valence-corrected chi connectivity index (χ2v) is 5.63. The van der Waals surface area contributed by atoms with Gasteiger partial charge in [-0.3, -0.25) is 9.59 Å². The van der Waals surface area contributed by atoms with Gasteiger partial charge in [-0.05, 0) is 30.7 Å². The van der Waals surface area contributed by atoms with Crippen molar-refractivity contribution in [2.45, 2.75) is 25.3 Å². The van der Waals surface area contributed by atoms with Gasteiger partial charge >= 0.3 is 0 Å². The molecule has 6 heteroatoms. The molecule has 1 saturated heterocycles. The minimum atomic E-state index is -0.686. The summed E-state index contributed by atoms with van der Waals surface area (Å²) in [5.74, 6) is -0.320. The predicted molar refractivity (Wildman–Crippen MR) is 74.7 cm³/mol. The highest BCUT2D eigenvalue weighted by Gasteiger charge is 2.20. The molecule has 2 amide bonds. The molecule has 19 heavy (non-hydrogen) atoms. The molecule has 2 rings (SSSR count). The molecule has 0 aliphatic carbocycles. The first-order chi connectivity index (χ1) is 9.18. The zero-order valence-corrected chi connectivity index (χ0v) is 11.6. The van der Waals surface area contributed by atoms with E-state index in [4.69, 9.17) is 5.73 Å². The normalized spacial score (nSPS) is 17.0. The summed E-state index contributed by atoms with van der Waals surface area (Å²) in [4.78, 5) is 26.3. The molecule has 1 aromatic heterocycles. The zero-order valence-electron chi connectivity index (χ0n) is 10.8. The number of carbonyl (C=O) groups excluding carboxylic acids is 2. The number of hydrogen-bond acceptors (Lipinski definition) is 4. The van der Waals surface area contributed by atoms with Crippen LogP contribution in [0.1, 0.15) is 30.2 Å². The summed E-state index contributed by atoms with van der Waals surface area (Å²) in [6.45, 7) is 1.63. The number of nitrogens with two attached hydrogens (primary N) is 1. The van der Waals surface area contributed by atoms with Crippen LogP contribution < -0.4 is 11.1 Å². The summed E-state index contributed by atoms with van der Waals surface area (Å²) in [6.07, 6.45) is 3.28. The molecule has 2 heterocycles. The Labute approximate surface area is 116 Å². The van der Waals surface area contributed by atoms with Crippen molar-refractivity contribution >= 4 is 23.2 Å². The van der Waals surface area contributed by atoms with Crippen molar-refractivity contribution in [2.75, 3.05) is 19.6 Å². The number of hydrogen-bond donors (Lipinski definition) is 2. The predicted octanol–water partition coefficient (Wildman–Crippen LogP) is 0.877. The Bertz CT molecular complexity index is 427. The fraction of sp³-hybridized carbons (Fsp3) is 0.538. The van der Waals surface area contributed by atoms with Gasteiger partial charge in [0.25, 0.3) is 0 Å². The van der Waals surface area contributed by atoms with Crippen molar-refractivity contribution in [1.82, 2.24) is 10.2 Å². The third kappa shape index (κ3) is 3.78. The Morgan fingerprint density at radius 1 is 1.37 bits per heavy atom. The molecule has 0 spiro atoms. The minimum absolute atomic E-state index is 0.0218. The van der Waals surface area contributed by atoms with E-state index >= 15 is 0 Å². The standard InChI is InChI=1S/C13H19N3O2S/c14-12(10-5-4-8-19-10)13(18)15-9-11(17)16-6-2-1-3-7-16/h4-5,8,12H,1-3,6-7,9,14H2,(H,15,18). The zero-order chi connectivity index (χ0) is 13.7. The second kappa shape index (κ2) is 6.68. The molecule has 104 valence electrons. The van der Waals surface area contributed by atoms with Crippen molar-refractivity contribution in [2.24, 2.45) is 5.73 Å². The van der Waals surface area contributed by atoms with Crippen molar-refractivity contribution in [3.05, 3.63) is 22.4 Å². The molecule has 0 bridgehead atoms. The first kappa shape index (κ1) is 14.0. The lowest BCUT2D eigenvalue weighted by Gasteiger charge is -2.26. The number of nitrogens with one attached hydrogen (secondary N) is 1. The molecule has 0 radical (unpaired) electrons. The van der Waals surface area contributed by atoms with Gasteiger partial charge in [0, 0.05) is 18.0 Å². The molecular formula is C13H19N3O2S. The van der Waals surface area contributed by atoms with Crippen LogP contribution in [0.15, 0.2) is 17.5 Å². The molecule has 1 aromatic rings. The van der Waals surface area contributed by atoms with E-state index in [-0.39, 0.29) is 18.4 Å². The Kier molecular flexibility index (Phi) is 4.93. The molecule has 1 atom stereocenters. The van der Waals surface area contributed by atoms with Crippen LogP contribution in [0.3, 0.4) is 0 Å². The van der Waals surface area contributed by atoms with E-state index in [0.29, 0.717) is 0 Å². The highest BCUT2D eigenvalue weighted by molar-refractivity contribution is 7.10. The first-order valence-electron chi connectivity index (χ1n) is 6.53. The summed E-state index contributed by atoms with van der Waals surface area (Å²) >= 11 is 1.44. The van der Waals surface area contributed by atoms with E-state index in [0.717, 1.165) is 30.8 Å². The van der Waals surface area contributed by atoms with Crippen LogP contribution in [0.5, 0.6) is 0 Å². The number of nitrogens with zero attached hydrogens (tertiary/aromatic N) is 1. The lowest BCUT2D eigenvalue weighted by atomic mass is 10.1. The molecular weight excluding hydrogens is 262 g/mol. The smallest absolute Gasteiger partial charge is 0.242 e. The highest BCUT2D eigenvalue weighted by Crippen LogP contribution is 2.16. The van der Waals surface area contributed by atoms with Crippen molar-refractivity contribution in [1.29, 1.82) is 0 Å². The lowest BCUT2D eigenvalue weighted by Crippen LogP contribution is -2.44. The molecule has 1 fully saturated rings. The van der Waals surface area contributed by atoms with Crippen LogP contribution >= 0.6 is 11.3 Å². The molecule has 0 aromatic carbocycles. The SMILES string of the molecule is NC(C(=O)NCC(=O)N1CCCCC1)c1cccs1. The molecule has 1 unspecified atom stereocenters. The number of thiophene rings is 1. The van der Waals surface area contributed by atoms with Crippen molar-refractivity contribution in [3.63, 3.8) is 0 Å². The van der Waals surface area contributed by atoms with Crippen LogP contribution in [0, 0.1) is 0 Å². The number of amides is 2. The Morgan fingerprint density at radius 2 is 2.11 bits per heavy atom. The van der Waals surface area contributed by atoms with Gasteiger partial charge in [-0.25, -0.2) is 0 Å². The third-order valence-electron chi connectivity index (χ3n) is 3.25. The van der Waals surface area contributed by atoms with Crippen LogP contribution in [-0.4, -0.2) is 36.3 Å². The van der Waals surface area contributed by atoms with Gasteiger partial charge in [-0.2, -0.15) is 0 Å². The van der Waals surface area contributed by atoms with E-state index in [1.807, 2.05) is 17.5 Å². The number of likely N-dealkylation sites (tertiary alicyclic amines) is 1. The van der Waals surface area contributed by atoms with Gasteiger partial charge in [0.15, 0.2) is 0 Å². The second-order valence-electron chi connectivity index (χ2n) is 4.65. The average Bonchev–Trinajstić information content (AvgIpc) is 2.98. The Hall–Kier alpha value is -1.40. The van der Waals surface area contributed by atoms with E-state index in [1.54, 1.807) is 4.90 Å². The summed E-state index contributed by atoms with van der Waals surface area (Å²) in [5, 5.41) is 4.50. The van der Waals surface area contributed by atoms with Crippen LogP contribution in [0.25, 0.3) is 0 Å². The van der Waals surface area contributed by atoms with Crippen molar-refractivity contribution < 1.29 is 9.59 Å². The van der Waals surface area contributed by atoms with Gasteiger partial charge in [0.05, 0.1) is 6.54 Å².